The molecular formula is C7H13N3O3. The van der Waals surface area contributed by atoms with Gasteiger partial charge in [0.2, 0.25) is 0 Å². The van der Waals surface area contributed by atoms with E-state index in [9.17, 15) is 9.59 Å². The molecule has 0 aromatic carbocycles. The van der Waals surface area contributed by atoms with Crippen molar-refractivity contribution in [1.29, 1.82) is 0 Å². The first kappa shape index (κ1) is 9.63. The van der Waals surface area contributed by atoms with Gasteiger partial charge in [0.15, 0.2) is 0 Å². The average molecular weight is 187 g/mol. The Morgan fingerprint density at radius 2 is 2.46 bits per heavy atom. The molecule has 6 nitrogen and oxygen atoms in total. The molecule has 0 saturated carbocycles. The number of ether oxygens (including phenoxy) is 1. The van der Waals surface area contributed by atoms with Crippen molar-refractivity contribution < 1.29 is 14.3 Å². The van der Waals surface area contributed by atoms with Crippen molar-refractivity contribution in [3.63, 3.8) is 0 Å². The van der Waals surface area contributed by atoms with Crippen LogP contribution in [0.5, 0.6) is 0 Å². The number of hydrogen-bond acceptors (Lipinski definition) is 3. The van der Waals surface area contributed by atoms with Crippen LogP contribution in [0.15, 0.2) is 0 Å². The van der Waals surface area contributed by atoms with Crippen LogP contribution in [0.2, 0.25) is 0 Å². The van der Waals surface area contributed by atoms with Crippen LogP contribution in [-0.4, -0.2) is 43.3 Å². The summed E-state index contributed by atoms with van der Waals surface area (Å²) >= 11 is 0. The predicted molar refractivity (Wildman–Crippen MR) is 45.1 cm³/mol. The summed E-state index contributed by atoms with van der Waals surface area (Å²) in [5, 5.41) is 2.69. The van der Waals surface area contributed by atoms with Crippen molar-refractivity contribution in [2.24, 2.45) is 5.73 Å². The third-order valence-corrected chi connectivity index (χ3v) is 1.77. The highest BCUT2D eigenvalue weighted by Crippen LogP contribution is 1.97. The Labute approximate surface area is 76.0 Å². The minimum Gasteiger partial charge on any atom is -0.448 e. The van der Waals surface area contributed by atoms with Crippen LogP contribution < -0.4 is 11.1 Å². The molecule has 0 spiro atoms. The molecule has 0 aliphatic carbocycles. The quantitative estimate of drug-likeness (QED) is 0.624. The molecule has 3 amide bonds. The number of urea groups is 1. The minimum absolute atomic E-state index is 0.112. The summed E-state index contributed by atoms with van der Waals surface area (Å²) in [5.41, 5.74) is 4.76. The van der Waals surface area contributed by atoms with Crippen molar-refractivity contribution >= 4 is 12.1 Å². The Kier molecular flexibility index (Phi) is 3.36. The number of hydrogen-bond donors (Lipinski definition) is 2. The molecule has 0 unspecified atom stereocenters. The molecule has 3 N–H and O–H groups in total. The van der Waals surface area contributed by atoms with Gasteiger partial charge in [-0.3, -0.25) is 0 Å². The van der Waals surface area contributed by atoms with Crippen LogP contribution in [0.25, 0.3) is 0 Å². The Balaban J connectivity index is 2.19. The average Bonchev–Trinajstić information content (AvgIpc) is 2.08. The van der Waals surface area contributed by atoms with Gasteiger partial charge in [-0.1, -0.05) is 0 Å². The summed E-state index contributed by atoms with van der Waals surface area (Å²) in [7, 11) is 0. The van der Waals surface area contributed by atoms with Gasteiger partial charge in [0, 0.05) is 13.1 Å². The molecule has 0 bridgehead atoms. The second kappa shape index (κ2) is 4.54. The molecular weight excluding hydrogens is 174 g/mol. The molecule has 0 aromatic heterocycles. The predicted octanol–water partition coefficient (Wildman–Crippen LogP) is -0.503. The van der Waals surface area contributed by atoms with E-state index in [1.54, 1.807) is 4.90 Å². The van der Waals surface area contributed by atoms with E-state index < -0.39 is 6.09 Å². The molecule has 1 saturated heterocycles. The third-order valence-electron chi connectivity index (χ3n) is 1.77. The number of rotatable bonds is 3. The standard InChI is InChI=1S/C7H13N3O3/c8-6(11)13-5-4-10-3-1-2-9-7(10)12/h1-5H2,(H2,8,11)(H,9,12). The van der Waals surface area contributed by atoms with Crippen LogP contribution in [0, 0.1) is 0 Å². The highest BCUT2D eigenvalue weighted by Gasteiger charge is 2.16. The summed E-state index contributed by atoms with van der Waals surface area (Å²) in [4.78, 5) is 22.9. The molecule has 1 rings (SSSR count). The first-order chi connectivity index (χ1) is 6.20. The molecule has 74 valence electrons. The zero-order valence-corrected chi connectivity index (χ0v) is 7.28. The van der Waals surface area contributed by atoms with Gasteiger partial charge >= 0.3 is 12.1 Å². The fraction of sp³-hybridized carbons (Fsp3) is 0.714. The van der Waals surface area contributed by atoms with E-state index in [1.807, 2.05) is 0 Å². The molecule has 0 aromatic rings. The van der Waals surface area contributed by atoms with E-state index in [4.69, 9.17) is 5.73 Å². The van der Waals surface area contributed by atoms with E-state index in [0.717, 1.165) is 6.42 Å². The first-order valence-electron chi connectivity index (χ1n) is 4.15. The van der Waals surface area contributed by atoms with E-state index in [-0.39, 0.29) is 12.6 Å². The van der Waals surface area contributed by atoms with Gasteiger partial charge in [0.1, 0.15) is 6.61 Å². The number of carbonyl (C=O) groups excluding carboxylic acids is 2. The zero-order chi connectivity index (χ0) is 9.68. The first-order valence-corrected chi connectivity index (χ1v) is 4.15. The van der Waals surface area contributed by atoms with Gasteiger partial charge in [0.05, 0.1) is 6.54 Å². The van der Waals surface area contributed by atoms with Crippen LogP contribution in [0.4, 0.5) is 9.59 Å². The molecule has 1 aliphatic heterocycles. The van der Waals surface area contributed by atoms with E-state index in [1.165, 1.54) is 0 Å². The van der Waals surface area contributed by atoms with Gasteiger partial charge in [-0.25, -0.2) is 9.59 Å². The minimum atomic E-state index is -0.808. The van der Waals surface area contributed by atoms with Gasteiger partial charge in [-0.15, -0.1) is 0 Å². The van der Waals surface area contributed by atoms with Crippen LogP contribution >= 0.6 is 0 Å². The number of amides is 3. The normalized spacial score (nSPS) is 16.6. The summed E-state index contributed by atoms with van der Waals surface area (Å²) < 4.78 is 4.51. The molecule has 13 heavy (non-hydrogen) atoms. The Hall–Kier alpha value is -1.46. The van der Waals surface area contributed by atoms with Crippen LogP contribution in [-0.2, 0) is 4.74 Å². The second-order valence-corrected chi connectivity index (χ2v) is 2.74. The lowest BCUT2D eigenvalue weighted by molar-refractivity contribution is 0.133. The maximum absolute atomic E-state index is 11.1. The monoisotopic (exact) mass is 187 g/mol. The van der Waals surface area contributed by atoms with Crippen molar-refractivity contribution in [2.45, 2.75) is 6.42 Å². The Morgan fingerprint density at radius 1 is 1.69 bits per heavy atom. The fourth-order valence-corrected chi connectivity index (χ4v) is 1.15. The van der Waals surface area contributed by atoms with E-state index >= 15 is 0 Å². The molecule has 0 radical (unpaired) electrons. The van der Waals surface area contributed by atoms with Crippen LogP contribution in [0.3, 0.4) is 0 Å². The molecule has 6 heteroatoms. The van der Waals surface area contributed by atoms with E-state index in [2.05, 4.69) is 10.1 Å². The number of primary amides is 1. The lowest BCUT2D eigenvalue weighted by Crippen LogP contribution is -2.47. The van der Waals surface area contributed by atoms with Gasteiger partial charge in [-0.2, -0.15) is 0 Å². The molecule has 1 aliphatic rings. The summed E-state index contributed by atoms with van der Waals surface area (Å²) in [6.45, 7) is 1.97. The number of carbonyl (C=O) groups is 2. The zero-order valence-electron chi connectivity index (χ0n) is 7.28. The Morgan fingerprint density at radius 3 is 3.08 bits per heavy atom. The number of nitrogens with one attached hydrogen (secondary N) is 1. The second-order valence-electron chi connectivity index (χ2n) is 2.74. The van der Waals surface area contributed by atoms with Crippen molar-refractivity contribution in [3.8, 4) is 0 Å². The highest BCUT2D eigenvalue weighted by molar-refractivity contribution is 5.74. The fourth-order valence-electron chi connectivity index (χ4n) is 1.15. The maximum Gasteiger partial charge on any atom is 0.404 e. The molecule has 0 atom stereocenters. The largest absolute Gasteiger partial charge is 0.448 e. The SMILES string of the molecule is NC(=O)OCCN1CCCNC1=O. The lowest BCUT2D eigenvalue weighted by Gasteiger charge is -2.26. The van der Waals surface area contributed by atoms with Gasteiger partial charge in [-0.05, 0) is 6.42 Å². The smallest absolute Gasteiger partial charge is 0.404 e. The molecule has 1 heterocycles. The van der Waals surface area contributed by atoms with Crippen LogP contribution in [0.1, 0.15) is 6.42 Å². The van der Waals surface area contributed by atoms with E-state index in [0.29, 0.717) is 19.6 Å². The molecule has 1 fully saturated rings. The summed E-state index contributed by atoms with van der Waals surface area (Å²) in [5.74, 6) is 0. The topological polar surface area (TPSA) is 84.7 Å². The highest BCUT2D eigenvalue weighted by atomic mass is 16.5. The van der Waals surface area contributed by atoms with Crippen molar-refractivity contribution in [3.05, 3.63) is 0 Å². The van der Waals surface area contributed by atoms with Gasteiger partial charge < -0.3 is 20.7 Å². The van der Waals surface area contributed by atoms with Crippen molar-refractivity contribution in [1.82, 2.24) is 10.2 Å². The summed E-state index contributed by atoms with van der Waals surface area (Å²) in [6, 6.07) is -0.112. The Bertz CT molecular complexity index is 207. The maximum atomic E-state index is 11.1. The summed E-state index contributed by atoms with van der Waals surface area (Å²) in [6.07, 6.45) is 0.111. The van der Waals surface area contributed by atoms with Crippen molar-refractivity contribution in [2.75, 3.05) is 26.2 Å². The number of nitrogens with zero attached hydrogens (tertiary/aromatic N) is 1. The third kappa shape index (κ3) is 3.18. The number of nitrogens with two attached hydrogens (primary N) is 1. The lowest BCUT2D eigenvalue weighted by atomic mass is 10.3. The van der Waals surface area contributed by atoms with Gasteiger partial charge in [0.25, 0.3) is 0 Å².